The molecule has 0 aliphatic rings. The van der Waals surface area contributed by atoms with Gasteiger partial charge in [0.1, 0.15) is 17.2 Å². The Morgan fingerprint density at radius 1 is 1.00 bits per heavy atom. The van der Waals surface area contributed by atoms with Gasteiger partial charge in [0.15, 0.2) is 9.84 Å². The molecule has 2 aromatic rings. The maximum absolute atomic E-state index is 12.8. The summed E-state index contributed by atoms with van der Waals surface area (Å²) in [5, 5.41) is 18.0. The Bertz CT molecular complexity index is 1010. The van der Waals surface area contributed by atoms with Gasteiger partial charge in [-0.25, -0.2) is 13.9 Å². The van der Waals surface area contributed by atoms with Gasteiger partial charge >= 0.3 is 6.36 Å². The third kappa shape index (κ3) is 7.11. The SMILES string of the molecule is CC(CCCO)(CS(=O)(=O)c1ccc(Oc2ccc(OC(F)(F)F)cc2)cc1)C(=O)NO. The Kier molecular flexibility index (Phi) is 8.10. The first-order chi connectivity index (χ1) is 14.9. The maximum Gasteiger partial charge on any atom is 0.573 e. The third-order valence-corrected chi connectivity index (χ3v) is 6.53. The summed E-state index contributed by atoms with van der Waals surface area (Å²) >= 11 is 0. The summed E-state index contributed by atoms with van der Waals surface area (Å²) in [6.07, 6.45) is -4.61. The summed E-state index contributed by atoms with van der Waals surface area (Å²) in [7, 11) is -3.95. The zero-order chi connectivity index (χ0) is 24.0. The number of aliphatic hydroxyl groups excluding tert-OH is 1. The molecule has 0 saturated heterocycles. The number of aliphatic hydroxyl groups is 1. The van der Waals surface area contributed by atoms with Crippen LogP contribution in [0.1, 0.15) is 19.8 Å². The van der Waals surface area contributed by atoms with Crippen molar-refractivity contribution in [3.63, 3.8) is 0 Å². The molecular weight excluding hydrogens is 455 g/mol. The summed E-state index contributed by atoms with van der Waals surface area (Å²) in [5.74, 6) is -1.47. The number of hydrogen-bond acceptors (Lipinski definition) is 7. The van der Waals surface area contributed by atoms with Crippen LogP contribution in [0.5, 0.6) is 17.2 Å². The summed E-state index contributed by atoms with van der Waals surface area (Å²) in [5.41, 5.74) is -0.00158. The average Bonchev–Trinajstić information content (AvgIpc) is 2.72. The number of sulfone groups is 1. The van der Waals surface area contributed by atoms with Crippen molar-refractivity contribution < 1.29 is 46.2 Å². The van der Waals surface area contributed by atoms with E-state index in [9.17, 15) is 26.4 Å². The first-order valence-corrected chi connectivity index (χ1v) is 11.0. The number of amides is 1. The predicted octanol–water partition coefficient (Wildman–Crippen LogP) is 3.44. The Balaban J connectivity index is 2.12. The van der Waals surface area contributed by atoms with Gasteiger partial charge in [0.2, 0.25) is 5.91 Å². The molecule has 1 atom stereocenters. The van der Waals surface area contributed by atoms with Crippen LogP contribution >= 0.6 is 0 Å². The average molecular weight is 477 g/mol. The lowest BCUT2D eigenvalue weighted by Gasteiger charge is -2.26. The highest BCUT2D eigenvalue weighted by molar-refractivity contribution is 7.91. The second-order valence-electron chi connectivity index (χ2n) is 7.18. The molecule has 0 fully saturated rings. The molecule has 0 heterocycles. The van der Waals surface area contributed by atoms with Gasteiger partial charge in [-0.3, -0.25) is 10.0 Å². The molecule has 32 heavy (non-hydrogen) atoms. The summed E-state index contributed by atoms with van der Waals surface area (Å²) in [6, 6.07) is 9.87. The minimum atomic E-state index is -4.81. The van der Waals surface area contributed by atoms with Crippen molar-refractivity contribution in [2.45, 2.75) is 31.0 Å². The number of nitrogens with one attached hydrogen (secondary N) is 1. The third-order valence-electron chi connectivity index (χ3n) is 4.52. The quantitative estimate of drug-likeness (QED) is 0.354. The highest BCUT2D eigenvalue weighted by Crippen LogP contribution is 2.31. The van der Waals surface area contributed by atoms with Crippen molar-refractivity contribution in [1.29, 1.82) is 0 Å². The van der Waals surface area contributed by atoms with Gasteiger partial charge in [-0.2, -0.15) is 0 Å². The number of rotatable bonds is 10. The minimum absolute atomic E-state index is 0.0321. The van der Waals surface area contributed by atoms with Crippen LogP contribution in [-0.2, 0) is 14.6 Å². The second-order valence-corrected chi connectivity index (χ2v) is 9.17. The molecule has 8 nitrogen and oxygen atoms in total. The van der Waals surface area contributed by atoms with E-state index in [2.05, 4.69) is 4.74 Å². The Labute approximate surface area is 182 Å². The van der Waals surface area contributed by atoms with Crippen molar-refractivity contribution in [3.8, 4) is 17.2 Å². The molecule has 1 amide bonds. The van der Waals surface area contributed by atoms with Crippen LogP contribution in [0.25, 0.3) is 0 Å². The molecule has 2 rings (SSSR count). The van der Waals surface area contributed by atoms with Gasteiger partial charge in [0.05, 0.1) is 16.1 Å². The second kappa shape index (κ2) is 10.2. The molecule has 1 unspecified atom stereocenters. The topological polar surface area (TPSA) is 122 Å². The molecule has 0 aromatic heterocycles. The molecule has 0 aliphatic carbocycles. The zero-order valence-corrected chi connectivity index (χ0v) is 17.7. The highest BCUT2D eigenvalue weighted by atomic mass is 32.2. The van der Waals surface area contributed by atoms with E-state index in [1.165, 1.54) is 48.8 Å². The molecule has 12 heteroatoms. The van der Waals surface area contributed by atoms with Crippen molar-refractivity contribution in [3.05, 3.63) is 48.5 Å². The lowest BCUT2D eigenvalue weighted by atomic mass is 9.87. The number of carbonyl (C=O) groups is 1. The molecule has 0 aliphatic heterocycles. The van der Waals surface area contributed by atoms with Crippen molar-refractivity contribution in [1.82, 2.24) is 5.48 Å². The van der Waals surface area contributed by atoms with E-state index in [0.29, 0.717) is 0 Å². The number of hydrogen-bond donors (Lipinski definition) is 3. The van der Waals surface area contributed by atoms with Crippen LogP contribution in [0.15, 0.2) is 53.4 Å². The van der Waals surface area contributed by atoms with Gasteiger partial charge in [0, 0.05) is 6.61 Å². The van der Waals surface area contributed by atoms with Gasteiger partial charge in [0.25, 0.3) is 0 Å². The first kappa shape index (κ1) is 25.4. The highest BCUT2D eigenvalue weighted by Gasteiger charge is 2.38. The van der Waals surface area contributed by atoms with E-state index < -0.39 is 39.0 Å². The van der Waals surface area contributed by atoms with Crippen LogP contribution < -0.4 is 15.0 Å². The zero-order valence-electron chi connectivity index (χ0n) is 16.9. The Hall–Kier alpha value is -2.83. The fourth-order valence-electron chi connectivity index (χ4n) is 2.92. The fraction of sp³-hybridized carbons (Fsp3) is 0.350. The standard InChI is InChI=1S/C20H22F3NO7S/c1-19(11-2-12-25,18(26)24-27)13-32(28,29)17-9-7-15(8-10-17)30-14-3-5-16(6-4-14)31-20(21,22)23/h3-10,25,27H,2,11-13H2,1H3,(H,24,26). The van der Waals surface area contributed by atoms with Crippen molar-refractivity contribution in [2.24, 2.45) is 5.41 Å². The summed E-state index contributed by atoms with van der Waals surface area (Å²) < 4.78 is 71.4. The van der Waals surface area contributed by atoms with Crippen LogP contribution in [0, 0.1) is 5.41 Å². The monoisotopic (exact) mass is 477 g/mol. The molecule has 0 saturated carbocycles. The van der Waals surface area contributed by atoms with Gasteiger partial charge in [-0.05, 0) is 68.3 Å². The van der Waals surface area contributed by atoms with E-state index in [-0.39, 0.29) is 35.8 Å². The molecule has 3 N–H and O–H groups in total. The van der Waals surface area contributed by atoms with E-state index in [1.807, 2.05) is 0 Å². The van der Waals surface area contributed by atoms with Gasteiger partial charge < -0.3 is 14.6 Å². The number of ether oxygens (including phenoxy) is 2. The van der Waals surface area contributed by atoms with Crippen molar-refractivity contribution in [2.75, 3.05) is 12.4 Å². The normalized spacial score (nSPS) is 13.8. The van der Waals surface area contributed by atoms with E-state index >= 15 is 0 Å². The number of halogens is 3. The first-order valence-electron chi connectivity index (χ1n) is 9.30. The van der Waals surface area contributed by atoms with Crippen LogP contribution in [-0.4, -0.2) is 43.4 Å². The molecule has 176 valence electrons. The van der Waals surface area contributed by atoms with E-state index in [1.54, 1.807) is 0 Å². The molecule has 2 aromatic carbocycles. The van der Waals surface area contributed by atoms with Crippen LogP contribution in [0.3, 0.4) is 0 Å². The summed E-state index contributed by atoms with van der Waals surface area (Å²) in [4.78, 5) is 11.9. The number of alkyl halides is 3. The Morgan fingerprint density at radius 2 is 1.50 bits per heavy atom. The number of carbonyl (C=O) groups excluding carboxylic acids is 1. The molecule has 0 spiro atoms. The summed E-state index contributed by atoms with van der Waals surface area (Å²) in [6.45, 7) is 1.12. The fourth-order valence-corrected chi connectivity index (χ4v) is 4.75. The van der Waals surface area contributed by atoms with Crippen molar-refractivity contribution >= 4 is 15.7 Å². The maximum atomic E-state index is 12.8. The lowest BCUT2D eigenvalue weighted by Crippen LogP contribution is -2.42. The Morgan fingerprint density at radius 3 is 1.97 bits per heavy atom. The van der Waals surface area contributed by atoms with E-state index in [4.69, 9.17) is 15.1 Å². The lowest BCUT2D eigenvalue weighted by molar-refractivity contribution is -0.274. The van der Waals surface area contributed by atoms with Crippen LogP contribution in [0.4, 0.5) is 13.2 Å². The number of hydroxylamine groups is 1. The van der Waals surface area contributed by atoms with Gasteiger partial charge in [-0.1, -0.05) is 0 Å². The molecule has 0 bridgehead atoms. The predicted molar refractivity (Wildman–Crippen MR) is 106 cm³/mol. The minimum Gasteiger partial charge on any atom is -0.457 e. The molecule has 0 radical (unpaired) electrons. The number of benzene rings is 2. The largest absolute Gasteiger partial charge is 0.573 e. The smallest absolute Gasteiger partial charge is 0.457 e. The van der Waals surface area contributed by atoms with E-state index in [0.717, 1.165) is 12.1 Å². The van der Waals surface area contributed by atoms with Crippen LogP contribution in [0.2, 0.25) is 0 Å². The molecular formula is C20H22F3NO7S. The van der Waals surface area contributed by atoms with Gasteiger partial charge in [-0.15, -0.1) is 13.2 Å².